The van der Waals surface area contributed by atoms with Gasteiger partial charge in [0.1, 0.15) is 0 Å². The summed E-state index contributed by atoms with van der Waals surface area (Å²) in [5.74, 6) is 0.316. The second-order valence-electron chi connectivity index (χ2n) is 7.89. The molecule has 2 aromatic heterocycles. The third kappa shape index (κ3) is 4.98. The largest absolute Gasteiger partial charge is 0.337 e. The molecule has 1 unspecified atom stereocenters. The quantitative estimate of drug-likeness (QED) is 0.700. The Balaban J connectivity index is 1.80. The lowest BCUT2D eigenvalue weighted by atomic mass is 10.1. The number of amides is 2. The van der Waals surface area contributed by atoms with Gasteiger partial charge in [-0.3, -0.25) is 14.6 Å². The molecule has 162 valence electrons. The first kappa shape index (κ1) is 22.6. The number of aryl methyl sites for hydroxylation is 2. The van der Waals surface area contributed by atoms with Crippen molar-refractivity contribution in [1.82, 2.24) is 9.88 Å². The molecule has 0 saturated carbocycles. The minimum atomic E-state index is -2.71. The zero-order chi connectivity index (χ0) is 21.9. The minimum Gasteiger partial charge on any atom is -0.337 e. The van der Waals surface area contributed by atoms with Crippen molar-refractivity contribution in [2.24, 2.45) is 4.36 Å². The molecule has 3 rings (SSSR count). The Hall–Kier alpha value is -2.06. The molecule has 2 amide bonds. The van der Waals surface area contributed by atoms with Crippen LogP contribution < -0.4 is 0 Å². The van der Waals surface area contributed by atoms with Crippen LogP contribution in [0.25, 0.3) is 0 Å². The van der Waals surface area contributed by atoms with E-state index in [0.29, 0.717) is 42.9 Å². The molecule has 0 N–H and O–H groups in total. The van der Waals surface area contributed by atoms with E-state index in [1.807, 2.05) is 31.4 Å². The van der Waals surface area contributed by atoms with Crippen LogP contribution in [0.3, 0.4) is 0 Å². The zero-order valence-electron chi connectivity index (χ0n) is 18.0. The van der Waals surface area contributed by atoms with Crippen LogP contribution in [0.2, 0.25) is 0 Å². The van der Waals surface area contributed by atoms with Gasteiger partial charge in [0.2, 0.25) is 0 Å². The third-order valence-corrected chi connectivity index (χ3v) is 8.57. The number of hydrogen-bond acceptors (Lipinski definition) is 5. The van der Waals surface area contributed by atoms with Crippen molar-refractivity contribution in [2.75, 3.05) is 24.6 Å². The van der Waals surface area contributed by atoms with Crippen molar-refractivity contribution >= 4 is 32.9 Å². The van der Waals surface area contributed by atoms with Crippen molar-refractivity contribution in [3.63, 3.8) is 0 Å². The van der Waals surface area contributed by atoms with E-state index < -0.39 is 15.6 Å². The molecule has 2 aromatic rings. The van der Waals surface area contributed by atoms with Crippen LogP contribution in [-0.2, 0) is 16.1 Å². The molecule has 1 saturated heterocycles. The average Bonchev–Trinajstić information content (AvgIpc) is 3.05. The molecular weight excluding hydrogens is 418 g/mol. The van der Waals surface area contributed by atoms with Gasteiger partial charge in [-0.2, -0.15) is 4.36 Å². The Morgan fingerprint density at radius 3 is 2.63 bits per heavy atom. The van der Waals surface area contributed by atoms with Gasteiger partial charge in [-0.15, -0.1) is 11.3 Å². The summed E-state index contributed by atoms with van der Waals surface area (Å²) in [5.41, 5.74) is 3.01. The van der Waals surface area contributed by atoms with Gasteiger partial charge in [0, 0.05) is 30.3 Å². The smallest absolute Gasteiger partial charge is 0.286 e. The highest BCUT2D eigenvalue weighted by atomic mass is 32.2. The molecule has 1 fully saturated rings. The molecule has 0 bridgehead atoms. The zero-order valence-corrected chi connectivity index (χ0v) is 19.6. The fourth-order valence-corrected chi connectivity index (χ4v) is 6.25. The maximum absolute atomic E-state index is 13.4. The Morgan fingerprint density at radius 2 is 2.00 bits per heavy atom. The van der Waals surface area contributed by atoms with Gasteiger partial charge in [-0.1, -0.05) is 20.8 Å². The van der Waals surface area contributed by atoms with Crippen LogP contribution in [0.5, 0.6) is 0 Å². The van der Waals surface area contributed by atoms with E-state index >= 15 is 0 Å². The van der Waals surface area contributed by atoms with Crippen LogP contribution in [0.1, 0.15) is 70.1 Å². The summed E-state index contributed by atoms with van der Waals surface area (Å²) in [6.07, 6.45) is 1.18. The van der Waals surface area contributed by atoms with Crippen molar-refractivity contribution in [2.45, 2.75) is 46.5 Å². The van der Waals surface area contributed by atoms with Gasteiger partial charge >= 0.3 is 0 Å². The molecule has 6 nitrogen and oxygen atoms in total. The van der Waals surface area contributed by atoms with Gasteiger partial charge < -0.3 is 4.90 Å². The maximum atomic E-state index is 13.4. The fraction of sp³-hybridized carbons (Fsp3) is 0.500. The monoisotopic (exact) mass is 447 g/mol. The lowest BCUT2D eigenvalue weighted by Gasteiger charge is -2.19. The number of rotatable bonds is 4. The summed E-state index contributed by atoms with van der Waals surface area (Å²) in [7, 11) is -2.71. The number of carbonyl (C=O) groups excluding carboxylic acids is 2. The van der Waals surface area contributed by atoms with E-state index in [2.05, 4.69) is 23.2 Å². The normalized spacial score (nSPS) is 19.6. The summed E-state index contributed by atoms with van der Waals surface area (Å²) in [6.45, 7) is 8.85. The lowest BCUT2D eigenvalue weighted by molar-refractivity contribution is 0.0772. The Bertz CT molecular complexity index is 1070. The SMILES string of the molecule is CCc1nc(C(C)C)ccc1C(=O)N=S1(=O)CCCN(C(=O)c2sccc2C)CC1. The molecule has 1 atom stereocenters. The summed E-state index contributed by atoms with van der Waals surface area (Å²) >= 11 is 1.43. The number of carbonyl (C=O) groups is 2. The van der Waals surface area contributed by atoms with E-state index in [1.165, 1.54) is 11.3 Å². The molecule has 8 heteroatoms. The highest BCUT2D eigenvalue weighted by Gasteiger charge is 2.25. The molecule has 1 aliphatic rings. The fourth-order valence-electron chi connectivity index (χ4n) is 3.48. The van der Waals surface area contributed by atoms with Crippen LogP contribution in [0.15, 0.2) is 27.9 Å². The molecule has 0 spiro atoms. The lowest BCUT2D eigenvalue weighted by Crippen LogP contribution is -2.33. The molecule has 0 aromatic carbocycles. The predicted molar refractivity (Wildman–Crippen MR) is 122 cm³/mol. The molecule has 1 aliphatic heterocycles. The van der Waals surface area contributed by atoms with Crippen LogP contribution in [0, 0.1) is 6.92 Å². The topological polar surface area (TPSA) is 79.7 Å². The standard InChI is InChI=1S/C22H29N3O3S2/c1-5-18-17(7-8-19(23-18)15(2)3)21(26)24-30(28)13-6-10-25(11-14-30)22(27)20-16(4)9-12-29-20/h7-9,12,15H,5-6,10-11,13-14H2,1-4H3. The van der Waals surface area contributed by atoms with Crippen molar-refractivity contribution in [3.05, 3.63) is 51.0 Å². The number of thiophene rings is 1. The molecule has 0 radical (unpaired) electrons. The Morgan fingerprint density at radius 1 is 1.23 bits per heavy atom. The highest BCUT2D eigenvalue weighted by molar-refractivity contribution is 7.93. The summed E-state index contributed by atoms with van der Waals surface area (Å²) < 4.78 is 17.5. The molecule has 0 aliphatic carbocycles. The van der Waals surface area contributed by atoms with Gasteiger partial charge in [0.05, 0.1) is 25.9 Å². The summed E-state index contributed by atoms with van der Waals surface area (Å²) in [6, 6.07) is 5.52. The molecule has 3 heterocycles. The van der Waals surface area contributed by atoms with Crippen molar-refractivity contribution in [1.29, 1.82) is 0 Å². The summed E-state index contributed by atoms with van der Waals surface area (Å²) in [5, 5.41) is 1.90. The van der Waals surface area contributed by atoms with Crippen molar-refractivity contribution < 1.29 is 13.8 Å². The molecular formula is C22H29N3O3S2. The maximum Gasteiger partial charge on any atom is 0.286 e. The average molecular weight is 448 g/mol. The van der Waals surface area contributed by atoms with Crippen LogP contribution in [-0.4, -0.2) is 50.5 Å². The van der Waals surface area contributed by atoms with Gasteiger partial charge in [0.25, 0.3) is 11.8 Å². The Labute approximate surface area is 182 Å². The first-order valence-corrected chi connectivity index (χ1v) is 13.1. The second kappa shape index (κ2) is 9.39. The second-order valence-corrected chi connectivity index (χ2v) is 11.4. The Kier molecular flexibility index (Phi) is 7.08. The van der Waals surface area contributed by atoms with Gasteiger partial charge in [-0.25, -0.2) is 4.21 Å². The summed E-state index contributed by atoms with van der Waals surface area (Å²) in [4.78, 5) is 32.7. The first-order chi connectivity index (χ1) is 14.2. The first-order valence-electron chi connectivity index (χ1n) is 10.3. The predicted octanol–water partition coefficient (Wildman–Crippen LogP) is 4.29. The van der Waals surface area contributed by atoms with E-state index in [-0.39, 0.29) is 17.6 Å². The third-order valence-electron chi connectivity index (χ3n) is 5.32. The van der Waals surface area contributed by atoms with Gasteiger partial charge in [-0.05, 0) is 54.8 Å². The van der Waals surface area contributed by atoms with E-state index in [9.17, 15) is 13.8 Å². The number of pyridine rings is 1. The number of hydrogen-bond donors (Lipinski definition) is 0. The van der Waals surface area contributed by atoms with E-state index in [0.717, 1.165) is 16.1 Å². The van der Waals surface area contributed by atoms with Crippen molar-refractivity contribution in [3.8, 4) is 0 Å². The number of nitrogens with zero attached hydrogens (tertiary/aromatic N) is 3. The molecule has 30 heavy (non-hydrogen) atoms. The minimum absolute atomic E-state index is 0.0285. The highest BCUT2D eigenvalue weighted by Crippen LogP contribution is 2.21. The van der Waals surface area contributed by atoms with Gasteiger partial charge in [0.15, 0.2) is 0 Å². The van der Waals surface area contributed by atoms with Crippen LogP contribution in [0.4, 0.5) is 0 Å². The number of aromatic nitrogens is 1. The van der Waals surface area contributed by atoms with Crippen LogP contribution >= 0.6 is 11.3 Å². The van der Waals surface area contributed by atoms with E-state index in [1.54, 1.807) is 11.0 Å². The van der Waals surface area contributed by atoms with E-state index in [4.69, 9.17) is 0 Å².